The van der Waals surface area contributed by atoms with Gasteiger partial charge in [-0.2, -0.15) is 0 Å². The zero-order valence-electron chi connectivity index (χ0n) is 8.58. The maximum Gasteiger partial charge on any atom is 0.0557 e. The SMILES string of the molecule is Cl/C=C\C#C[C]1[CH][CH][CH][CH]1.[CH]1[CH][CH][CH][CH]1.[Fe]. The molecular formula is C14H11ClFe. The van der Waals surface area contributed by atoms with Gasteiger partial charge in [-0.1, -0.05) is 23.4 Å². The largest absolute Gasteiger partial charge is 0.0923 e. The van der Waals surface area contributed by atoms with Gasteiger partial charge in [-0.05, 0) is 63.9 Å². The normalized spacial score (nSPS) is 19.6. The van der Waals surface area contributed by atoms with Gasteiger partial charge in [0.25, 0.3) is 0 Å². The molecule has 0 bridgehead atoms. The summed E-state index contributed by atoms with van der Waals surface area (Å²) in [6.07, 6.45) is 19.4. The van der Waals surface area contributed by atoms with Crippen molar-refractivity contribution in [1.29, 1.82) is 0 Å². The van der Waals surface area contributed by atoms with E-state index in [-0.39, 0.29) is 17.1 Å². The number of hydrogen-bond donors (Lipinski definition) is 0. The zero-order valence-corrected chi connectivity index (χ0v) is 10.4. The molecule has 2 saturated carbocycles. The molecule has 16 heavy (non-hydrogen) atoms. The van der Waals surface area contributed by atoms with Crippen LogP contribution < -0.4 is 0 Å². The minimum absolute atomic E-state index is 0. The third kappa shape index (κ3) is 8.28. The van der Waals surface area contributed by atoms with Crippen molar-refractivity contribution in [2.24, 2.45) is 0 Å². The Morgan fingerprint density at radius 3 is 1.81 bits per heavy atom. The Labute approximate surface area is 116 Å². The van der Waals surface area contributed by atoms with Crippen molar-refractivity contribution in [3.8, 4) is 11.8 Å². The van der Waals surface area contributed by atoms with Crippen molar-refractivity contribution < 1.29 is 17.1 Å². The predicted octanol–water partition coefficient (Wildman–Crippen LogP) is 3.17. The van der Waals surface area contributed by atoms with E-state index in [1.54, 1.807) is 6.08 Å². The number of halogens is 1. The molecule has 2 heteroatoms. The summed E-state index contributed by atoms with van der Waals surface area (Å²) >= 11 is 5.26. The van der Waals surface area contributed by atoms with E-state index in [1.165, 1.54) is 5.54 Å². The smallest absolute Gasteiger partial charge is 0.0557 e. The Hall–Kier alpha value is 0.109. The van der Waals surface area contributed by atoms with Gasteiger partial charge in [0.1, 0.15) is 0 Å². The van der Waals surface area contributed by atoms with Gasteiger partial charge in [0.2, 0.25) is 0 Å². The van der Waals surface area contributed by atoms with Crippen LogP contribution in [0.5, 0.6) is 0 Å². The number of allylic oxidation sites excluding steroid dienone is 1. The van der Waals surface area contributed by atoms with E-state index < -0.39 is 0 Å². The minimum Gasteiger partial charge on any atom is -0.0923 e. The molecule has 0 amide bonds. The molecule has 0 nitrogen and oxygen atoms in total. The van der Waals surface area contributed by atoms with Crippen LogP contribution in [-0.2, 0) is 17.1 Å². The summed E-state index contributed by atoms with van der Waals surface area (Å²) in [7, 11) is 0. The molecule has 0 spiro atoms. The first-order chi connectivity index (χ1) is 7.43. The molecule has 2 aliphatic carbocycles. The van der Waals surface area contributed by atoms with E-state index >= 15 is 0 Å². The van der Waals surface area contributed by atoms with Gasteiger partial charge in [0, 0.05) is 22.6 Å². The van der Waals surface area contributed by atoms with Crippen molar-refractivity contribution in [1.82, 2.24) is 0 Å². The molecule has 0 aliphatic heterocycles. The number of rotatable bonds is 0. The van der Waals surface area contributed by atoms with Gasteiger partial charge in [-0.3, -0.25) is 0 Å². The van der Waals surface area contributed by atoms with Crippen LogP contribution in [0.4, 0.5) is 0 Å². The summed E-state index contributed by atoms with van der Waals surface area (Å²) in [5, 5.41) is 0. The van der Waals surface area contributed by atoms with E-state index in [2.05, 4.69) is 11.8 Å². The fourth-order valence-corrected chi connectivity index (χ4v) is 0.998. The second-order valence-electron chi connectivity index (χ2n) is 2.70. The molecule has 82 valence electrons. The second kappa shape index (κ2) is 11.6. The first kappa shape index (κ1) is 16.1. The fourth-order valence-electron chi connectivity index (χ4n) is 0.935. The maximum atomic E-state index is 5.26. The minimum atomic E-state index is 0. The topological polar surface area (TPSA) is 0 Å². The molecule has 0 aromatic heterocycles. The second-order valence-corrected chi connectivity index (χ2v) is 2.95. The Bertz CT molecular complexity index is 219. The van der Waals surface area contributed by atoms with E-state index in [0.717, 1.165) is 5.92 Å². The molecule has 0 aromatic rings. The standard InChI is InChI=1S/C9H6Cl.C5H5.Fe/c10-8-4-3-7-9-5-1-2-6-9;1-2-4-5-3-1;/h1-2,4-6,8H;1-5H;/b8-4-;;. The van der Waals surface area contributed by atoms with Crippen LogP contribution in [-0.4, -0.2) is 0 Å². The van der Waals surface area contributed by atoms with Crippen molar-refractivity contribution in [2.75, 3.05) is 0 Å². The van der Waals surface area contributed by atoms with Crippen LogP contribution in [0.2, 0.25) is 0 Å². The average molecular weight is 271 g/mol. The summed E-state index contributed by atoms with van der Waals surface area (Å²) in [4.78, 5) is 0. The molecule has 0 heterocycles. The Morgan fingerprint density at radius 1 is 0.875 bits per heavy atom. The van der Waals surface area contributed by atoms with Crippen molar-refractivity contribution in [2.45, 2.75) is 0 Å². The van der Waals surface area contributed by atoms with Crippen molar-refractivity contribution in [3.63, 3.8) is 0 Å². The van der Waals surface area contributed by atoms with Gasteiger partial charge in [0.05, 0.1) is 5.92 Å². The first-order valence-corrected chi connectivity index (χ1v) is 5.02. The van der Waals surface area contributed by atoms with Crippen molar-refractivity contribution in [3.05, 3.63) is 75.3 Å². The molecule has 2 rings (SSSR count). The van der Waals surface area contributed by atoms with E-state index in [4.69, 9.17) is 11.6 Å². The van der Waals surface area contributed by atoms with E-state index in [1.807, 2.05) is 57.8 Å². The molecule has 0 aromatic carbocycles. The van der Waals surface area contributed by atoms with Gasteiger partial charge in [-0.25, -0.2) is 0 Å². The maximum absolute atomic E-state index is 5.26. The molecule has 0 unspecified atom stereocenters. The summed E-state index contributed by atoms with van der Waals surface area (Å²) in [6.45, 7) is 0. The molecule has 0 saturated heterocycles. The summed E-state index contributed by atoms with van der Waals surface area (Å²) < 4.78 is 0. The fraction of sp³-hybridized carbons (Fsp3) is 0. The van der Waals surface area contributed by atoms with Crippen LogP contribution in [0.25, 0.3) is 0 Å². The van der Waals surface area contributed by atoms with Crippen LogP contribution >= 0.6 is 11.6 Å². The molecular weight excluding hydrogens is 259 g/mol. The zero-order chi connectivity index (χ0) is 10.8. The Morgan fingerprint density at radius 2 is 1.38 bits per heavy atom. The third-order valence-corrected chi connectivity index (χ3v) is 1.71. The molecule has 2 aliphatic rings. The quantitative estimate of drug-likeness (QED) is 0.468. The monoisotopic (exact) mass is 270 g/mol. The summed E-state index contributed by atoms with van der Waals surface area (Å²) in [5.74, 6) is 6.70. The van der Waals surface area contributed by atoms with Gasteiger partial charge < -0.3 is 0 Å². The van der Waals surface area contributed by atoms with Crippen LogP contribution in [0, 0.1) is 75.5 Å². The third-order valence-electron chi connectivity index (χ3n) is 1.58. The predicted molar refractivity (Wildman–Crippen MR) is 64.7 cm³/mol. The summed E-state index contributed by atoms with van der Waals surface area (Å²) in [6, 6.07) is 0. The number of hydrogen-bond acceptors (Lipinski definition) is 0. The van der Waals surface area contributed by atoms with Gasteiger partial charge in [-0.15, -0.1) is 0 Å². The molecule has 2 fully saturated rings. The first-order valence-electron chi connectivity index (χ1n) is 4.58. The van der Waals surface area contributed by atoms with Gasteiger partial charge >= 0.3 is 0 Å². The molecule has 0 atom stereocenters. The average Bonchev–Trinajstić information content (AvgIpc) is 2.94. The summed E-state index contributed by atoms with van der Waals surface area (Å²) in [5.41, 5.74) is 1.40. The van der Waals surface area contributed by atoms with Crippen molar-refractivity contribution >= 4 is 11.6 Å². The van der Waals surface area contributed by atoms with Crippen LogP contribution in [0.1, 0.15) is 0 Å². The molecule has 0 N–H and O–H groups in total. The van der Waals surface area contributed by atoms with Crippen LogP contribution in [0.15, 0.2) is 11.6 Å². The Balaban J connectivity index is 0.000000318. The van der Waals surface area contributed by atoms with Crippen LogP contribution in [0.3, 0.4) is 0 Å². The van der Waals surface area contributed by atoms with E-state index in [9.17, 15) is 0 Å². The van der Waals surface area contributed by atoms with Gasteiger partial charge in [0.15, 0.2) is 0 Å². The molecule has 10 radical (unpaired) electrons. The van der Waals surface area contributed by atoms with E-state index in [0.29, 0.717) is 0 Å². The Kier molecular flexibility index (Phi) is 11.7.